The van der Waals surface area contributed by atoms with Crippen molar-refractivity contribution in [1.29, 1.82) is 0 Å². The van der Waals surface area contributed by atoms with E-state index in [2.05, 4.69) is 4.90 Å². The summed E-state index contributed by atoms with van der Waals surface area (Å²) in [6.07, 6.45) is -0.637. The van der Waals surface area contributed by atoms with Crippen molar-refractivity contribution in [3.05, 3.63) is 41.3 Å². The average molecular weight is 387 g/mol. The lowest BCUT2D eigenvalue weighted by molar-refractivity contribution is -0.147. The summed E-state index contributed by atoms with van der Waals surface area (Å²) in [5.74, 6) is -0.947. The molecule has 142 valence electrons. The Hall–Kier alpha value is -2.38. The van der Waals surface area contributed by atoms with Crippen LogP contribution in [0.3, 0.4) is 0 Å². The normalized spacial score (nSPS) is 22.6. The number of hydrogen-bond donors (Lipinski definition) is 0. The number of morpholine rings is 1. The van der Waals surface area contributed by atoms with E-state index < -0.39 is 18.0 Å². The lowest BCUT2D eigenvalue weighted by Crippen LogP contribution is -2.35. The van der Waals surface area contributed by atoms with Crippen molar-refractivity contribution < 1.29 is 23.8 Å². The summed E-state index contributed by atoms with van der Waals surface area (Å²) in [6.45, 7) is 4.68. The van der Waals surface area contributed by atoms with Crippen molar-refractivity contribution in [3.63, 3.8) is 0 Å². The largest absolute Gasteiger partial charge is 0.460 e. The number of cyclic esters (lactones) is 1. The summed E-state index contributed by atoms with van der Waals surface area (Å²) in [4.78, 5) is 27.2. The minimum absolute atomic E-state index is 0.220. The molecule has 0 bridgehead atoms. The van der Waals surface area contributed by atoms with Gasteiger partial charge in [0.2, 0.25) is 6.10 Å². The molecule has 0 saturated carbocycles. The van der Waals surface area contributed by atoms with Crippen LogP contribution in [-0.4, -0.2) is 50.4 Å². The summed E-state index contributed by atoms with van der Waals surface area (Å²) < 4.78 is 15.9. The number of rotatable bonds is 4. The molecule has 1 aromatic heterocycles. The standard InChI is InChI=1S/C20H21NO5S/c1-13-11-16(19(22)25-13)26-20(23)17-12-15(14-5-3-2-4-6-14)18(27-17)21-7-9-24-10-8-21/h2-6,12-13,16H,7-11H2,1H3. The zero-order valence-electron chi connectivity index (χ0n) is 15.1. The maximum atomic E-state index is 12.7. The molecule has 0 N–H and O–H groups in total. The lowest BCUT2D eigenvalue weighted by atomic mass is 10.1. The van der Waals surface area contributed by atoms with Crippen LogP contribution in [0.4, 0.5) is 5.00 Å². The van der Waals surface area contributed by atoms with Gasteiger partial charge in [0.25, 0.3) is 0 Å². The number of thiophene rings is 1. The molecule has 2 atom stereocenters. The fourth-order valence-corrected chi connectivity index (χ4v) is 4.43. The predicted molar refractivity (Wildman–Crippen MR) is 102 cm³/mol. The second-order valence-electron chi connectivity index (χ2n) is 6.67. The molecule has 0 amide bonds. The van der Waals surface area contributed by atoms with Crippen LogP contribution in [0.25, 0.3) is 11.1 Å². The average Bonchev–Trinajstić information content (AvgIpc) is 3.27. The summed E-state index contributed by atoms with van der Waals surface area (Å²) in [5.41, 5.74) is 2.04. The Kier molecular flexibility index (Phi) is 5.13. The molecule has 6 nitrogen and oxygen atoms in total. The van der Waals surface area contributed by atoms with Gasteiger partial charge in [-0.3, -0.25) is 0 Å². The van der Waals surface area contributed by atoms with Crippen LogP contribution >= 0.6 is 11.3 Å². The Morgan fingerprint density at radius 2 is 1.96 bits per heavy atom. The molecular weight excluding hydrogens is 366 g/mol. The van der Waals surface area contributed by atoms with E-state index in [0.717, 1.165) is 29.2 Å². The highest BCUT2D eigenvalue weighted by molar-refractivity contribution is 7.18. The molecule has 2 unspecified atom stereocenters. The maximum absolute atomic E-state index is 12.7. The monoisotopic (exact) mass is 387 g/mol. The first kappa shape index (κ1) is 18.0. The van der Waals surface area contributed by atoms with E-state index >= 15 is 0 Å². The highest BCUT2D eigenvalue weighted by Crippen LogP contribution is 2.40. The first-order valence-corrected chi connectivity index (χ1v) is 9.87. The lowest BCUT2D eigenvalue weighted by Gasteiger charge is -2.28. The fourth-order valence-electron chi connectivity index (χ4n) is 3.31. The van der Waals surface area contributed by atoms with E-state index in [0.29, 0.717) is 24.5 Å². The van der Waals surface area contributed by atoms with E-state index in [1.165, 1.54) is 11.3 Å². The summed E-state index contributed by atoms with van der Waals surface area (Å²) >= 11 is 1.40. The first-order valence-electron chi connectivity index (χ1n) is 9.05. The number of hydrogen-bond acceptors (Lipinski definition) is 7. The highest BCUT2D eigenvalue weighted by atomic mass is 32.1. The van der Waals surface area contributed by atoms with Crippen molar-refractivity contribution >= 4 is 28.3 Å². The molecule has 1 aromatic carbocycles. The van der Waals surface area contributed by atoms with Crippen LogP contribution in [0, 0.1) is 0 Å². The minimum Gasteiger partial charge on any atom is -0.460 e. The molecule has 2 saturated heterocycles. The van der Waals surface area contributed by atoms with Crippen LogP contribution in [0.2, 0.25) is 0 Å². The molecular formula is C20H21NO5S. The Morgan fingerprint density at radius 3 is 2.63 bits per heavy atom. The number of carbonyl (C=O) groups is 2. The second-order valence-corrected chi connectivity index (χ2v) is 7.70. The number of anilines is 1. The SMILES string of the molecule is CC1CC(OC(=O)c2cc(-c3ccccc3)c(N3CCOCC3)s2)C(=O)O1. The smallest absolute Gasteiger partial charge is 0.349 e. The van der Waals surface area contributed by atoms with Gasteiger partial charge < -0.3 is 19.1 Å². The van der Waals surface area contributed by atoms with Crippen molar-refractivity contribution in [2.24, 2.45) is 0 Å². The van der Waals surface area contributed by atoms with Crippen LogP contribution < -0.4 is 4.90 Å². The zero-order valence-corrected chi connectivity index (χ0v) is 15.9. The third kappa shape index (κ3) is 3.84. The fraction of sp³-hybridized carbons (Fsp3) is 0.400. The second kappa shape index (κ2) is 7.70. The molecule has 0 radical (unpaired) electrons. The van der Waals surface area contributed by atoms with Crippen LogP contribution in [0.1, 0.15) is 23.0 Å². The molecule has 3 heterocycles. The van der Waals surface area contributed by atoms with Crippen LogP contribution in [0.15, 0.2) is 36.4 Å². The molecule has 4 rings (SSSR count). The van der Waals surface area contributed by atoms with Gasteiger partial charge in [-0.05, 0) is 18.6 Å². The van der Waals surface area contributed by atoms with Crippen molar-refractivity contribution in [2.45, 2.75) is 25.6 Å². The van der Waals surface area contributed by atoms with E-state index in [4.69, 9.17) is 14.2 Å². The van der Waals surface area contributed by atoms with E-state index in [1.807, 2.05) is 36.4 Å². The van der Waals surface area contributed by atoms with Gasteiger partial charge in [-0.25, -0.2) is 9.59 Å². The Balaban J connectivity index is 1.62. The summed E-state index contributed by atoms with van der Waals surface area (Å²) in [7, 11) is 0. The molecule has 27 heavy (non-hydrogen) atoms. The van der Waals surface area contributed by atoms with Gasteiger partial charge in [-0.1, -0.05) is 30.3 Å². The summed E-state index contributed by atoms with van der Waals surface area (Å²) in [5, 5.41) is 1.03. The van der Waals surface area contributed by atoms with Gasteiger partial charge in [0.15, 0.2) is 0 Å². The molecule has 0 spiro atoms. The van der Waals surface area contributed by atoms with Gasteiger partial charge in [-0.15, -0.1) is 11.3 Å². The van der Waals surface area contributed by atoms with Gasteiger partial charge in [0.1, 0.15) is 11.0 Å². The van der Waals surface area contributed by atoms with E-state index in [9.17, 15) is 9.59 Å². The molecule has 2 aliphatic rings. The molecule has 0 aliphatic carbocycles. The first-order chi connectivity index (χ1) is 13.1. The minimum atomic E-state index is -0.818. The van der Waals surface area contributed by atoms with Crippen LogP contribution in [-0.2, 0) is 19.0 Å². The topological polar surface area (TPSA) is 65.1 Å². The molecule has 2 aromatic rings. The van der Waals surface area contributed by atoms with E-state index in [-0.39, 0.29) is 6.10 Å². The Morgan fingerprint density at radius 1 is 1.22 bits per heavy atom. The van der Waals surface area contributed by atoms with Gasteiger partial charge in [-0.2, -0.15) is 0 Å². The van der Waals surface area contributed by atoms with E-state index in [1.54, 1.807) is 6.92 Å². The van der Waals surface area contributed by atoms with Crippen molar-refractivity contribution in [3.8, 4) is 11.1 Å². The van der Waals surface area contributed by atoms with Gasteiger partial charge in [0, 0.05) is 25.1 Å². The maximum Gasteiger partial charge on any atom is 0.349 e. The predicted octanol–water partition coefficient (Wildman–Crippen LogP) is 3.11. The third-order valence-corrected chi connectivity index (χ3v) is 5.85. The van der Waals surface area contributed by atoms with Crippen molar-refractivity contribution in [1.82, 2.24) is 0 Å². The number of nitrogens with zero attached hydrogens (tertiary/aromatic N) is 1. The third-order valence-electron chi connectivity index (χ3n) is 4.67. The highest BCUT2D eigenvalue weighted by Gasteiger charge is 2.36. The van der Waals surface area contributed by atoms with Gasteiger partial charge in [0.05, 0.1) is 18.2 Å². The quantitative estimate of drug-likeness (QED) is 0.751. The molecule has 7 heteroatoms. The zero-order chi connectivity index (χ0) is 18.8. The number of benzene rings is 1. The van der Waals surface area contributed by atoms with Crippen LogP contribution in [0.5, 0.6) is 0 Å². The van der Waals surface area contributed by atoms with Crippen molar-refractivity contribution in [2.75, 3.05) is 31.2 Å². The molecule has 2 fully saturated rings. The Labute approximate surface area is 161 Å². The number of carbonyl (C=O) groups excluding carboxylic acids is 2. The Bertz CT molecular complexity index is 828. The molecule has 2 aliphatic heterocycles. The summed E-state index contributed by atoms with van der Waals surface area (Å²) in [6, 6.07) is 11.8. The number of esters is 2. The number of ether oxygens (including phenoxy) is 3. The van der Waals surface area contributed by atoms with Gasteiger partial charge >= 0.3 is 11.9 Å².